The van der Waals surface area contributed by atoms with Crippen molar-refractivity contribution >= 4 is 15.9 Å². The van der Waals surface area contributed by atoms with Crippen molar-refractivity contribution in [2.24, 2.45) is 5.41 Å². The molecule has 1 aromatic carbocycles. The second kappa shape index (κ2) is 4.54. The van der Waals surface area contributed by atoms with Gasteiger partial charge in [0.25, 0.3) is 0 Å². The molecule has 0 aliphatic carbocycles. The normalized spacial score (nSPS) is 18.3. The first-order chi connectivity index (χ1) is 7.18. The summed E-state index contributed by atoms with van der Waals surface area (Å²) >= 11 is 3.42. The Morgan fingerprint density at radius 3 is 2.87 bits per heavy atom. The SMILES string of the molecule is CC1(CCOc2cccc(Br)c2)COC1. The van der Waals surface area contributed by atoms with Crippen LogP contribution < -0.4 is 4.74 Å². The molecule has 3 heteroatoms. The molecule has 1 saturated heterocycles. The predicted octanol–water partition coefficient (Wildman–Crippen LogP) is 3.25. The second-order valence-electron chi connectivity index (χ2n) is 4.36. The molecule has 82 valence electrons. The lowest BCUT2D eigenvalue weighted by atomic mass is 9.85. The maximum absolute atomic E-state index is 5.67. The lowest BCUT2D eigenvalue weighted by molar-refractivity contribution is -0.109. The molecule has 1 heterocycles. The lowest BCUT2D eigenvalue weighted by Gasteiger charge is -2.37. The van der Waals surface area contributed by atoms with E-state index in [4.69, 9.17) is 9.47 Å². The minimum Gasteiger partial charge on any atom is -0.494 e. The highest BCUT2D eigenvalue weighted by Gasteiger charge is 2.32. The van der Waals surface area contributed by atoms with E-state index >= 15 is 0 Å². The summed E-state index contributed by atoms with van der Waals surface area (Å²) in [6.45, 7) is 4.74. The van der Waals surface area contributed by atoms with Crippen LogP contribution in [0.15, 0.2) is 28.7 Å². The fourth-order valence-corrected chi connectivity index (χ4v) is 1.95. The first-order valence-electron chi connectivity index (χ1n) is 5.14. The summed E-state index contributed by atoms with van der Waals surface area (Å²) < 4.78 is 11.9. The largest absolute Gasteiger partial charge is 0.494 e. The van der Waals surface area contributed by atoms with Crippen molar-refractivity contribution in [2.45, 2.75) is 13.3 Å². The Labute approximate surface area is 98.7 Å². The zero-order valence-corrected chi connectivity index (χ0v) is 10.4. The molecule has 2 nitrogen and oxygen atoms in total. The highest BCUT2D eigenvalue weighted by molar-refractivity contribution is 9.10. The average Bonchev–Trinajstić information content (AvgIpc) is 2.15. The molecule has 0 radical (unpaired) electrons. The van der Waals surface area contributed by atoms with Gasteiger partial charge in [-0.1, -0.05) is 28.9 Å². The first-order valence-corrected chi connectivity index (χ1v) is 5.93. The Balaban J connectivity index is 1.78. The van der Waals surface area contributed by atoms with Crippen LogP contribution in [-0.2, 0) is 4.74 Å². The van der Waals surface area contributed by atoms with Crippen LogP contribution in [0.1, 0.15) is 13.3 Å². The molecule has 0 bridgehead atoms. The Bertz CT molecular complexity index is 334. The van der Waals surface area contributed by atoms with Crippen LogP contribution in [0.25, 0.3) is 0 Å². The molecule has 1 aliphatic rings. The van der Waals surface area contributed by atoms with E-state index in [0.717, 1.165) is 36.5 Å². The maximum atomic E-state index is 5.67. The van der Waals surface area contributed by atoms with E-state index in [1.54, 1.807) is 0 Å². The quantitative estimate of drug-likeness (QED) is 0.836. The summed E-state index contributed by atoms with van der Waals surface area (Å²) in [5.41, 5.74) is 0.339. The predicted molar refractivity (Wildman–Crippen MR) is 63.2 cm³/mol. The molecule has 0 saturated carbocycles. The number of hydrogen-bond acceptors (Lipinski definition) is 2. The molecule has 0 amide bonds. The zero-order chi connectivity index (χ0) is 10.7. The van der Waals surface area contributed by atoms with Gasteiger partial charge >= 0.3 is 0 Å². The van der Waals surface area contributed by atoms with Gasteiger partial charge in [0, 0.05) is 9.89 Å². The molecule has 2 rings (SSSR count). The molecular formula is C12H15BrO2. The smallest absolute Gasteiger partial charge is 0.120 e. The van der Waals surface area contributed by atoms with Gasteiger partial charge in [-0.25, -0.2) is 0 Å². The van der Waals surface area contributed by atoms with Crippen molar-refractivity contribution in [3.63, 3.8) is 0 Å². The zero-order valence-electron chi connectivity index (χ0n) is 8.83. The van der Waals surface area contributed by atoms with Crippen LogP contribution in [0, 0.1) is 5.41 Å². The van der Waals surface area contributed by atoms with Crippen LogP contribution in [0.5, 0.6) is 5.75 Å². The maximum Gasteiger partial charge on any atom is 0.120 e. The summed E-state index contributed by atoms with van der Waals surface area (Å²) in [4.78, 5) is 0. The molecule has 1 aromatic rings. The molecule has 0 N–H and O–H groups in total. The van der Waals surface area contributed by atoms with Crippen molar-refractivity contribution in [3.8, 4) is 5.75 Å². The standard InChI is InChI=1S/C12H15BrO2/c1-12(8-14-9-12)5-6-15-11-4-2-3-10(13)7-11/h2-4,7H,5-6,8-9H2,1H3. The molecular weight excluding hydrogens is 256 g/mol. The molecule has 1 aliphatic heterocycles. The number of benzene rings is 1. The van der Waals surface area contributed by atoms with E-state index < -0.39 is 0 Å². The fraction of sp³-hybridized carbons (Fsp3) is 0.500. The van der Waals surface area contributed by atoms with E-state index in [-0.39, 0.29) is 0 Å². The summed E-state index contributed by atoms with van der Waals surface area (Å²) in [5, 5.41) is 0. The molecule has 0 unspecified atom stereocenters. The molecule has 15 heavy (non-hydrogen) atoms. The van der Waals surface area contributed by atoms with Crippen molar-refractivity contribution in [1.29, 1.82) is 0 Å². The Morgan fingerprint density at radius 1 is 1.47 bits per heavy atom. The van der Waals surface area contributed by atoms with Crippen molar-refractivity contribution in [1.82, 2.24) is 0 Å². The van der Waals surface area contributed by atoms with Crippen LogP contribution in [-0.4, -0.2) is 19.8 Å². The Hall–Kier alpha value is -0.540. The molecule has 1 fully saturated rings. The third-order valence-electron chi connectivity index (χ3n) is 2.67. The van der Waals surface area contributed by atoms with Gasteiger partial charge in [0.15, 0.2) is 0 Å². The van der Waals surface area contributed by atoms with Gasteiger partial charge in [-0.2, -0.15) is 0 Å². The summed E-state index contributed by atoms with van der Waals surface area (Å²) in [5.74, 6) is 0.924. The molecule has 0 spiro atoms. The van der Waals surface area contributed by atoms with Gasteiger partial charge in [-0.15, -0.1) is 0 Å². The van der Waals surface area contributed by atoms with Gasteiger partial charge in [0.1, 0.15) is 5.75 Å². The fourth-order valence-electron chi connectivity index (χ4n) is 1.57. The van der Waals surface area contributed by atoms with E-state index in [1.165, 1.54) is 0 Å². The van der Waals surface area contributed by atoms with Crippen molar-refractivity contribution in [3.05, 3.63) is 28.7 Å². The van der Waals surface area contributed by atoms with E-state index in [0.29, 0.717) is 5.41 Å². The van der Waals surface area contributed by atoms with Gasteiger partial charge in [-0.05, 0) is 24.6 Å². The highest BCUT2D eigenvalue weighted by Crippen LogP contribution is 2.30. The minimum atomic E-state index is 0.339. The Morgan fingerprint density at radius 2 is 2.27 bits per heavy atom. The van der Waals surface area contributed by atoms with E-state index in [9.17, 15) is 0 Å². The van der Waals surface area contributed by atoms with Gasteiger partial charge in [-0.3, -0.25) is 0 Å². The van der Waals surface area contributed by atoms with Crippen LogP contribution in [0.2, 0.25) is 0 Å². The van der Waals surface area contributed by atoms with Gasteiger partial charge in [0.2, 0.25) is 0 Å². The summed E-state index contributed by atoms with van der Waals surface area (Å²) in [7, 11) is 0. The molecule has 0 aromatic heterocycles. The topological polar surface area (TPSA) is 18.5 Å². The van der Waals surface area contributed by atoms with Gasteiger partial charge in [0.05, 0.1) is 19.8 Å². The van der Waals surface area contributed by atoms with Crippen molar-refractivity contribution in [2.75, 3.05) is 19.8 Å². The second-order valence-corrected chi connectivity index (χ2v) is 5.27. The number of ether oxygens (including phenoxy) is 2. The molecule has 0 atom stereocenters. The summed E-state index contributed by atoms with van der Waals surface area (Å²) in [6, 6.07) is 7.94. The minimum absolute atomic E-state index is 0.339. The Kier molecular flexibility index (Phi) is 3.32. The van der Waals surface area contributed by atoms with Gasteiger partial charge < -0.3 is 9.47 Å². The van der Waals surface area contributed by atoms with Crippen molar-refractivity contribution < 1.29 is 9.47 Å². The van der Waals surface area contributed by atoms with Crippen LogP contribution in [0.3, 0.4) is 0 Å². The van der Waals surface area contributed by atoms with E-state index in [1.807, 2.05) is 24.3 Å². The third-order valence-corrected chi connectivity index (χ3v) is 3.16. The van der Waals surface area contributed by atoms with Crippen LogP contribution >= 0.6 is 15.9 Å². The monoisotopic (exact) mass is 270 g/mol. The lowest BCUT2D eigenvalue weighted by Crippen LogP contribution is -2.40. The first kappa shape index (κ1) is 11.0. The third kappa shape index (κ3) is 2.95. The van der Waals surface area contributed by atoms with E-state index in [2.05, 4.69) is 22.9 Å². The number of rotatable bonds is 4. The average molecular weight is 271 g/mol. The highest BCUT2D eigenvalue weighted by atomic mass is 79.9. The number of hydrogen-bond donors (Lipinski definition) is 0. The number of halogens is 1. The summed E-state index contributed by atoms with van der Waals surface area (Å²) in [6.07, 6.45) is 1.06. The van der Waals surface area contributed by atoms with Crippen LogP contribution in [0.4, 0.5) is 0 Å².